The summed E-state index contributed by atoms with van der Waals surface area (Å²) in [5.74, 6) is -0.827. The number of esters is 3. The minimum Gasteiger partial charge on any atom is -0.462 e. The molecule has 0 saturated carbocycles. The van der Waals surface area contributed by atoms with Crippen LogP contribution in [0.25, 0.3) is 0 Å². The van der Waals surface area contributed by atoms with Crippen LogP contribution < -0.4 is 0 Å². The Labute approximate surface area is 476 Å². The third-order valence-corrected chi connectivity index (χ3v) is 16.4. The molecule has 6 nitrogen and oxygen atoms in total. The van der Waals surface area contributed by atoms with Gasteiger partial charge in [-0.3, -0.25) is 14.4 Å². The van der Waals surface area contributed by atoms with Gasteiger partial charge in [0.25, 0.3) is 0 Å². The predicted octanol–water partition coefficient (Wildman–Crippen LogP) is 23.8. The smallest absolute Gasteiger partial charge is 0.306 e. The Morgan fingerprint density at radius 1 is 0.211 bits per heavy atom. The van der Waals surface area contributed by atoms with Crippen molar-refractivity contribution in [3.8, 4) is 0 Å². The Hall–Kier alpha value is -1.59. The van der Waals surface area contributed by atoms with Crippen molar-refractivity contribution in [2.24, 2.45) is 0 Å². The fourth-order valence-electron chi connectivity index (χ4n) is 11.1. The summed E-state index contributed by atoms with van der Waals surface area (Å²) >= 11 is 0. The van der Waals surface area contributed by atoms with E-state index in [9.17, 15) is 14.4 Å². The molecule has 0 aliphatic heterocycles. The minimum atomic E-state index is -0.762. The molecule has 1 atom stereocenters. The first kappa shape index (κ1) is 74.4. The zero-order chi connectivity index (χ0) is 55.0. The van der Waals surface area contributed by atoms with Gasteiger partial charge in [0, 0.05) is 19.3 Å². The molecule has 0 spiro atoms. The first-order valence-electron chi connectivity index (χ1n) is 35.0. The van der Waals surface area contributed by atoms with E-state index in [2.05, 4.69) is 20.8 Å². The number of carbonyl (C=O) groups excluding carboxylic acids is 3. The van der Waals surface area contributed by atoms with Gasteiger partial charge < -0.3 is 14.2 Å². The van der Waals surface area contributed by atoms with Crippen molar-refractivity contribution < 1.29 is 28.6 Å². The van der Waals surface area contributed by atoms with Crippen LogP contribution in [0.3, 0.4) is 0 Å². The van der Waals surface area contributed by atoms with Crippen LogP contribution in [0.5, 0.6) is 0 Å². The first-order valence-corrected chi connectivity index (χ1v) is 35.0. The second-order valence-electron chi connectivity index (χ2n) is 24.2. The van der Waals surface area contributed by atoms with Crippen molar-refractivity contribution >= 4 is 17.9 Å². The van der Waals surface area contributed by atoms with Crippen LogP contribution in [0, 0.1) is 0 Å². The van der Waals surface area contributed by atoms with E-state index in [4.69, 9.17) is 14.2 Å². The van der Waals surface area contributed by atoms with E-state index < -0.39 is 6.10 Å². The van der Waals surface area contributed by atoms with Crippen LogP contribution >= 0.6 is 0 Å². The van der Waals surface area contributed by atoms with Crippen LogP contribution in [0.15, 0.2) is 0 Å². The molecule has 1 unspecified atom stereocenters. The van der Waals surface area contributed by atoms with Crippen LogP contribution in [-0.2, 0) is 28.6 Å². The minimum absolute atomic E-state index is 0.0608. The summed E-state index contributed by atoms with van der Waals surface area (Å²) in [6, 6.07) is 0. The molecule has 0 saturated heterocycles. The van der Waals surface area contributed by atoms with Gasteiger partial charge in [-0.1, -0.05) is 374 Å². The van der Waals surface area contributed by atoms with Gasteiger partial charge in [-0.25, -0.2) is 0 Å². The molecule has 0 aliphatic rings. The fraction of sp³-hybridized carbons (Fsp3) is 0.957. The number of unbranched alkanes of at least 4 members (excludes halogenated alkanes) is 55. The normalized spacial score (nSPS) is 11.9. The molecule has 0 fully saturated rings. The highest BCUT2D eigenvalue weighted by molar-refractivity contribution is 5.71. The second kappa shape index (κ2) is 65.9. The third-order valence-electron chi connectivity index (χ3n) is 16.4. The Kier molecular flexibility index (Phi) is 64.5. The fourth-order valence-corrected chi connectivity index (χ4v) is 11.1. The van der Waals surface area contributed by atoms with E-state index in [1.54, 1.807) is 0 Å². The molecule has 0 N–H and O–H groups in total. The maximum Gasteiger partial charge on any atom is 0.306 e. The van der Waals surface area contributed by atoms with Crippen LogP contribution in [0.4, 0.5) is 0 Å². The number of carbonyl (C=O) groups is 3. The molecule has 0 heterocycles. The lowest BCUT2D eigenvalue weighted by Crippen LogP contribution is -2.30. The molecule has 76 heavy (non-hydrogen) atoms. The van der Waals surface area contributed by atoms with E-state index in [1.807, 2.05) is 0 Å². The van der Waals surface area contributed by atoms with Crippen molar-refractivity contribution in [2.75, 3.05) is 13.2 Å². The van der Waals surface area contributed by atoms with E-state index in [0.717, 1.165) is 57.8 Å². The summed E-state index contributed by atoms with van der Waals surface area (Å²) in [5, 5.41) is 0. The van der Waals surface area contributed by atoms with Crippen molar-refractivity contribution in [3.05, 3.63) is 0 Å². The number of hydrogen-bond donors (Lipinski definition) is 0. The van der Waals surface area contributed by atoms with Crippen molar-refractivity contribution in [3.63, 3.8) is 0 Å². The number of ether oxygens (including phenoxy) is 3. The van der Waals surface area contributed by atoms with E-state index in [0.29, 0.717) is 19.3 Å². The summed E-state index contributed by atoms with van der Waals surface area (Å²) in [6.45, 7) is 6.72. The van der Waals surface area contributed by atoms with Crippen LogP contribution in [0.1, 0.15) is 412 Å². The first-order chi connectivity index (χ1) is 37.5. The SMILES string of the molecule is CCCCCCCCCCCCCCCCCCCCCCCCCCCCCC(=O)OCC(COC(=O)CCCCCCCCCCC)OC(=O)CCCCCCCCCCCCCCCCCCCCCCCC. The van der Waals surface area contributed by atoms with Crippen molar-refractivity contribution in [2.45, 2.75) is 419 Å². The molecule has 0 aromatic carbocycles. The molecule has 452 valence electrons. The highest BCUT2D eigenvalue weighted by atomic mass is 16.6. The molecule has 0 rings (SSSR count). The monoisotopic (exact) mass is 1070 g/mol. The molecule has 0 aromatic heterocycles. The summed E-state index contributed by atoms with van der Waals surface area (Å²) < 4.78 is 16.9. The molecule has 0 amide bonds. The Morgan fingerprint density at radius 2 is 0.355 bits per heavy atom. The Bertz CT molecular complexity index is 1140. The second-order valence-corrected chi connectivity index (χ2v) is 24.2. The summed E-state index contributed by atoms with van der Waals surface area (Å²) in [5.41, 5.74) is 0. The standard InChI is InChI=1S/C70H136O6/c1-4-7-10-13-16-19-21-23-25-27-29-31-33-34-35-36-37-39-40-42-44-46-48-51-54-57-60-63-69(72)75-66-67(65-74-68(71)62-59-56-53-50-18-15-12-9-6-3)76-70(73)64-61-58-55-52-49-47-45-43-41-38-32-30-28-26-24-22-20-17-14-11-8-5-2/h67H,4-66H2,1-3H3. The maximum atomic E-state index is 12.9. The van der Waals surface area contributed by atoms with E-state index in [1.165, 1.54) is 315 Å². The van der Waals surface area contributed by atoms with Crippen LogP contribution in [0.2, 0.25) is 0 Å². The average molecular weight is 1070 g/mol. The molecular weight excluding hydrogens is 937 g/mol. The van der Waals surface area contributed by atoms with Gasteiger partial charge >= 0.3 is 17.9 Å². The Morgan fingerprint density at radius 3 is 0.526 bits per heavy atom. The average Bonchev–Trinajstić information content (AvgIpc) is 3.42. The molecule has 0 aliphatic carbocycles. The quantitative estimate of drug-likeness (QED) is 0.0343. The van der Waals surface area contributed by atoms with Crippen LogP contribution in [-0.4, -0.2) is 37.2 Å². The molecule has 0 bridgehead atoms. The lowest BCUT2D eigenvalue weighted by molar-refractivity contribution is -0.167. The zero-order valence-corrected chi connectivity index (χ0v) is 52.1. The van der Waals surface area contributed by atoms with Gasteiger partial charge in [0.1, 0.15) is 13.2 Å². The van der Waals surface area contributed by atoms with Crippen molar-refractivity contribution in [1.29, 1.82) is 0 Å². The van der Waals surface area contributed by atoms with Gasteiger partial charge in [0.2, 0.25) is 0 Å². The van der Waals surface area contributed by atoms with Crippen molar-refractivity contribution in [1.82, 2.24) is 0 Å². The van der Waals surface area contributed by atoms with Gasteiger partial charge in [0.15, 0.2) is 6.10 Å². The maximum absolute atomic E-state index is 12.9. The van der Waals surface area contributed by atoms with Gasteiger partial charge in [-0.2, -0.15) is 0 Å². The summed E-state index contributed by atoms with van der Waals surface area (Å²) in [6.07, 6.45) is 77.2. The topological polar surface area (TPSA) is 78.9 Å². The largest absolute Gasteiger partial charge is 0.462 e. The molecule has 0 radical (unpaired) electrons. The molecular formula is C70H136O6. The Balaban J connectivity index is 4.07. The lowest BCUT2D eigenvalue weighted by Gasteiger charge is -2.18. The van der Waals surface area contributed by atoms with E-state index in [-0.39, 0.29) is 31.1 Å². The summed E-state index contributed by atoms with van der Waals surface area (Å²) in [7, 11) is 0. The molecule has 0 aromatic rings. The predicted molar refractivity (Wildman–Crippen MR) is 330 cm³/mol. The highest BCUT2D eigenvalue weighted by Crippen LogP contribution is 2.19. The number of hydrogen-bond acceptors (Lipinski definition) is 6. The number of rotatable bonds is 66. The van der Waals surface area contributed by atoms with Gasteiger partial charge in [-0.05, 0) is 19.3 Å². The van der Waals surface area contributed by atoms with Gasteiger partial charge in [0.05, 0.1) is 0 Å². The zero-order valence-electron chi connectivity index (χ0n) is 52.1. The lowest BCUT2D eigenvalue weighted by atomic mass is 10.0. The third kappa shape index (κ3) is 63.2. The summed E-state index contributed by atoms with van der Waals surface area (Å²) in [4.78, 5) is 38.3. The molecule has 6 heteroatoms. The van der Waals surface area contributed by atoms with E-state index >= 15 is 0 Å². The van der Waals surface area contributed by atoms with Gasteiger partial charge in [-0.15, -0.1) is 0 Å². The highest BCUT2D eigenvalue weighted by Gasteiger charge is 2.19.